The first-order valence-corrected chi connectivity index (χ1v) is 12.9. The Morgan fingerprint density at radius 2 is 1.76 bits per heavy atom. The van der Waals surface area contributed by atoms with Crippen LogP contribution in [0.25, 0.3) is 0 Å². The first-order valence-electron chi connectivity index (χ1n) is 11.4. The molecule has 1 aliphatic carbocycles. The molecule has 0 N–H and O–H groups in total. The molecule has 0 unspecified atom stereocenters. The summed E-state index contributed by atoms with van der Waals surface area (Å²) in [4.78, 5) is 28.2. The number of carbonyl (C=O) groups is 2. The molecule has 2 fully saturated rings. The van der Waals surface area contributed by atoms with Crippen molar-refractivity contribution in [3.63, 3.8) is 0 Å². The highest BCUT2D eigenvalue weighted by atomic mass is 79.9. The van der Waals surface area contributed by atoms with E-state index in [4.69, 9.17) is 32.7 Å². The molecular formula is C26H28BrCl2NO4. The topological polar surface area (TPSA) is 55.8 Å². The standard InChI is InChI=1S/C26H28BrCl2NO4/c1-26(2,3)34-22(31)13-21-25(32)30(14-15-4-5-15)23(16-6-8-19(28)9-7-16)24(33-21)17-10-18(27)12-20(29)11-17/h6-12,15,21,23-24H,4-5,13-14H2,1-3H3/t21-,23-,24-/m1/s1. The summed E-state index contributed by atoms with van der Waals surface area (Å²) in [6, 6.07) is 12.7. The Bertz CT molecular complexity index is 1050. The largest absolute Gasteiger partial charge is 0.460 e. The zero-order valence-electron chi connectivity index (χ0n) is 19.4. The molecule has 0 radical (unpaired) electrons. The van der Waals surface area contributed by atoms with Crippen molar-refractivity contribution in [1.29, 1.82) is 0 Å². The fraction of sp³-hybridized carbons (Fsp3) is 0.462. The number of morpholine rings is 1. The first kappa shape index (κ1) is 25.5. The van der Waals surface area contributed by atoms with Crippen molar-refractivity contribution in [2.45, 2.75) is 63.9 Å². The molecule has 1 heterocycles. The highest BCUT2D eigenvalue weighted by Crippen LogP contribution is 2.46. The van der Waals surface area contributed by atoms with Gasteiger partial charge in [0, 0.05) is 21.1 Å². The number of amides is 1. The normalized spacial score (nSPS) is 23.2. The monoisotopic (exact) mass is 567 g/mol. The van der Waals surface area contributed by atoms with Crippen molar-refractivity contribution >= 4 is 51.0 Å². The molecule has 182 valence electrons. The van der Waals surface area contributed by atoms with E-state index in [1.54, 1.807) is 26.8 Å². The highest BCUT2D eigenvalue weighted by molar-refractivity contribution is 9.10. The van der Waals surface area contributed by atoms with E-state index >= 15 is 0 Å². The van der Waals surface area contributed by atoms with Crippen LogP contribution in [0, 0.1) is 5.92 Å². The number of esters is 1. The lowest BCUT2D eigenvalue weighted by atomic mass is 9.91. The summed E-state index contributed by atoms with van der Waals surface area (Å²) < 4.78 is 12.7. The van der Waals surface area contributed by atoms with Gasteiger partial charge in [0.05, 0.1) is 12.5 Å². The number of benzene rings is 2. The molecule has 1 aliphatic heterocycles. The molecule has 3 atom stereocenters. The van der Waals surface area contributed by atoms with Crippen LogP contribution in [0.3, 0.4) is 0 Å². The predicted molar refractivity (Wildman–Crippen MR) is 136 cm³/mol. The van der Waals surface area contributed by atoms with Crippen LogP contribution in [0.1, 0.15) is 63.3 Å². The Balaban J connectivity index is 1.74. The van der Waals surface area contributed by atoms with Gasteiger partial charge in [-0.1, -0.05) is 51.3 Å². The van der Waals surface area contributed by atoms with Crippen molar-refractivity contribution in [3.8, 4) is 0 Å². The summed E-state index contributed by atoms with van der Waals surface area (Å²) in [5.41, 5.74) is 1.09. The number of hydrogen-bond acceptors (Lipinski definition) is 4. The van der Waals surface area contributed by atoms with Gasteiger partial charge in [-0.15, -0.1) is 0 Å². The Morgan fingerprint density at radius 1 is 1.09 bits per heavy atom. The summed E-state index contributed by atoms with van der Waals surface area (Å²) in [6.45, 7) is 6.02. The van der Waals surface area contributed by atoms with E-state index in [0.29, 0.717) is 22.5 Å². The number of halogens is 3. The van der Waals surface area contributed by atoms with Crippen LogP contribution in [-0.4, -0.2) is 35.0 Å². The van der Waals surface area contributed by atoms with Crippen LogP contribution >= 0.6 is 39.1 Å². The molecule has 2 aromatic carbocycles. The third kappa shape index (κ3) is 6.34. The van der Waals surface area contributed by atoms with Gasteiger partial charge in [-0.2, -0.15) is 0 Å². The summed E-state index contributed by atoms with van der Waals surface area (Å²) in [7, 11) is 0. The summed E-state index contributed by atoms with van der Waals surface area (Å²) in [5.74, 6) is -0.214. The third-order valence-corrected chi connectivity index (χ3v) is 6.77. The Labute approximate surface area is 218 Å². The molecule has 2 aliphatic rings. The average molecular weight is 569 g/mol. The van der Waals surface area contributed by atoms with Gasteiger partial charge in [-0.3, -0.25) is 9.59 Å². The van der Waals surface area contributed by atoms with E-state index in [1.165, 1.54) is 0 Å². The Kier molecular flexibility index (Phi) is 7.63. The van der Waals surface area contributed by atoms with Crippen LogP contribution in [0.2, 0.25) is 10.0 Å². The van der Waals surface area contributed by atoms with Crippen molar-refractivity contribution < 1.29 is 19.1 Å². The van der Waals surface area contributed by atoms with Gasteiger partial charge >= 0.3 is 5.97 Å². The van der Waals surface area contributed by atoms with E-state index in [2.05, 4.69) is 15.9 Å². The second-order valence-corrected chi connectivity index (χ2v) is 11.8. The molecule has 0 aromatic heterocycles. The van der Waals surface area contributed by atoms with Gasteiger partial charge in [-0.25, -0.2) is 0 Å². The summed E-state index contributed by atoms with van der Waals surface area (Å²) in [5, 5.41) is 1.17. The van der Waals surface area contributed by atoms with E-state index in [-0.39, 0.29) is 18.4 Å². The first-order chi connectivity index (χ1) is 16.0. The molecule has 8 heteroatoms. The number of carbonyl (C=O) groups excluding carboxylic acids is 2. The second kappa shape index (κ2) is 10.2. The molecule has 34 heavy (non-hydrogen) atoms. The maximum atomic E-state index is 13.7. The fourth-order valence-corrected chi connectivity index (χ4v) is 5.27. The highest BCUT2D eigenvalue weighted by Gasteiger charge is 2.46. The van der Waals surface area contributed by atoms with Crippen LogP contribution in [0.4, 0.5) is 0 Å². The van der Waals surface area contributed by atoms with Crippen molar-refractivity contribution in [3.05, 3.63) is 68.1 Å². The lowest BCUT2D eigenvalue weighted by Crippen LogP contribution is -2.52. The average Bonchev–Trinajstić information content (AvgIpc) is 3.54. The van der Waals surface area contributed by atoms with Crippen LogP contribution in [0.15, 0.2) is 46.9 Å². The molecule has 2 aromatic rings. The van der Waals surface area contributed by atoms with Gasteiger partial charge in [0.1, 0.15) is 17.8 Å². The van der Waals surface area contributed by atoms with Gasteiger partial charge < -0.3 is 14.4 Å². The predicted octanol–water partition coefficient (Wildman–Crippen LogP) is 6.91. The minimum Gasteiger partial charge on any atom is -0.460 e. The van der Waals surface area contributed by atoms with Gasteiger partial charge in [-0.05, 0) is 81.0 Å². The van der Waals surface area contributed by atoms with E-state index in [0.717, 1.165) is 28.4 Å². The molecule has 1 saturated heterocycles. The molecular weight excluding hydrogens is 541 g/mol. The molecule has 4 rings (SSSR count). The zero-order valence-corrected chi connectivity index (χ0v) is 22.5. The SMILES string of the molecule is CC(C)(C)OC(=O)C[C@H]1O[C@H](c2cc(Cl)cc(Br)c2)[C@@H](c2ccc(Cl)cc2)N(CC2CC2)C1=O. The summed E-state index contributed by atoms with van der Waals surface area (Å²) >= 11 is 16.0. The van der Waals surface area contributed by atoms with Crippen molar-refractivity contribution in [2.24, 2.45) is 5.92 Å². The number of ether oxygens (including phenoxy) is 2. The quantitative estimate of drug-likeness (QED) is 0.355. The minimum absolute atomic E-state index is 0.150. The molecule has 0 spiro atoms. The molecule has 5 nitrogen and oxygen atoms in total. The zero-order chi connectivity index (χ0) is 24.6. The van der Waals surface area contributed by atoms with Crippen molar-refractivity contribution in [2.75, 3.05) is 6.54 Å². The van der Waals surface area contributed by atoms with Crippen LogP contribution in [-0.2, 0) is 19.1 Å². The van der Waals surface area contributed by atoms with E-state index < -0.39 is 23.8 Å². The van der Waals surface area contributed by atoms with Crippen molar-refractivity contribution in [1.82, 2.24) is 4.90 Å². The van der Waals surface area contributed by atoms with Gasteiger partial charge in [0.25, 0.3) is 5.91 Å². The second-order valence-electron chi connectivity index (χ2n) is 9.97. The van der Waals surface area contributed by atoms with Gasteiger partial charge in [0.2, 0.25) is 0 Å². The lowest BCUT2D eigenvalue weighted by Gasteiger charge is -2.45. The van der Waals surface area contributed by atoms with Crippen LogP contribution in [0.5, 0.6) is 0 Å². The van der Waals surface area contributed by atoms with E-state index in [9.17, 15) is 9.59 Å². The Morgan fingerprint density at radius 3 is 2.35 bits per heavy atom. The number of hydrogen-bond donors (Lipinski definition) is 0. The maximum absolute atomic E-state index is 13.7. The summed E-state index contributed by atoms with van der Waals surface area (Å²) in [6.07, 6.45) is 0.549. The fourth-order valence-electron chi connectivity index (χ4n) is 4.26. The van der Waals surface area contributed by atoms with Gasteiger partial charge in [0.15, 0.2) is 0 Å². The smallest absolute Gasteiger partial charge is 0.309 e. The minimum atomic E-state index is -0.945. The Hall–Kier alpha value is -1.60. The van der Waals surface area contributed by atoms with E-state index in [1.807, 2.05) is 41.3 Å². The molecule has 0 bridgehead atoms. The maximum Gasteiger partial charge on any atom is 0.309 e. The lowest BCUT2D eigenvalue weighted by molar-refractivity contribution is -0.183. The van der Waals surface area contributed by atoms with Crippen LogP contribution < -0.4 is 0 Å². The number of rotatable bonds is 6. The number of nitrogens with zero attached hydrogens (tertiary/aromatic N) is 1. The molecule has 1 amide bonds. The molecule has 1 saturated carbocycles. The third-order valence-electron chi connectivity index (χ3n) is 5.84.